The molecule has 2 N–H and O–H groups in total. The first-order chi connectivity index (χ1) is 14.8. The summed E-state index contributed by atoms with van der Waals surface area (Å²) in [5.74, 6) is -2.85. The molecular weight excluding hydrogens is 451 g/mol. The Labute approximate surface area is 177 Å². The number of rotatable bonds is 4. The molecule has 0 radical (unpaired) electrons. The number of amides is 2. The van der Waals surface area contributed by atoms with Gasteiger partial charge in [-0.05, 0) is 12.8 Å². The van der Waals surface area contributed by atoms with E-state index in [9.17, 15) is 40.3 Å². The number of aromatic nitrogens is 2. The van der Waals surface area contributed by atoms with Crippen LogP contribution in [-0.4, -0.2) is 63.4 Å². The normalized spacial score (nSPS) is 20.9. The predicted molar refractivity (Wildman–Crippen MR) is 94.5 cm³/mol. The molecule has 0 saturated carbocycles. The van der Waals surface area contributed by atoms with Crippen LogP contribution in [-0.2, 0) is 34.9 Å². The molecule has 0 aliphatic carbocycles. The lowest BCUT2D eigenvalue weighted by Gasteiger charge is -2.33. The van der Waals surface area contributed by atoms with Crippen LogP contribution in [0.3, 0.4) is 0 Å². The van der Waals surface area contributed by atoms with E-state index in [-0.39, 0.29) is 51.2 Å². The van der Waals surface area contributed by atoms with Crippen molar-refractivity contribution in [3.05, 3.63) is 22.8 Å². The molecule has 178 valence electrons. The molecule has 7 nitrogen and oxygen atoms in total. The Morgan fingerprint density at radius 2 is 1.81 bits per heavy atom. The number of piperidine rings is 1. The highest BCUT2D eigenvalue weighted by molar-refractivity contribution is 5.78. The van der Waals surface area contributed by atoms with E-state index < -0.39 is 59.8 Å². The highest BCUT2D eigenvalue weighted by Gasteiger charge is 2.43. The Morgan fingerprint density at radius 3 is 2.44 bits per heavy atom. The van der Waals surface area contributed by atoms with E-state index in [1.54, 1.807) is 0 Å². The van der Waals surface area contributed by atoms with Gasteiger partial charge in [0.2, 0.25) is 17.6 Å². The summed E-state index contributed by atoms with van der Waals surface area (Å²) >= 11 is 0. The lowest BCUT2D eigenvalue weighted by atomic mass is 10.0. The molecule has 32 heavy (non-hydrogen) atoms. The maximum atomic E-state index is 13.5. The Hall–Kier alpha value is -2.51. The van der Waals surface area contributed by atoms with Gasteiger partial charge in [-0.1, -0.05) is 0 Å². The average molecular weight is 471 g/mol. The molecule has 3 rings (SSSR count). The molecule has 0 aromatic carbocycles. The lowest BCUT2D eigenvalue weighted by Crippen LogP contribution is -2.48. The number of hydrogen-bond acceptors (Lipinski definition) is 5. The number of hydrogen-bond donors (Lipinski definition) is 1. The first-order valence-electron chi connectivity index (χ1n) is 9.75. The van der Waals surface area contributed by atoms with Gasteiger partial charge in [-0.3, -0.25) is 9.59 Å². The minimum Gasteiger partial charge on any atom is -0.338 e. The Bertz CT molecular complexity index is 890. The van der Waals surface area contributed by atoms with E-state index in [0.29, 0.717) is 0 Å². The molecular formula is C18H20F7N5O2. The van der Waals surface area contributed by atoms with Gasteiger partial charge in [0.25, 0.3) is 0 Å². The lowest BCUT2D eigenvalue weighted by molar-refractivity contribution is -0.153. The van der Waals surface area contributed by atoms with Gasteiger partial charge >= 0.3 is 12.4 Å². The summed E-state index contributed by atoms with van der Waals surface area (Å²) in [7, 11) is 0. The molecule has 3 heterocycles. The fourth-order valence-corrected chi connectivity index (χ4v) is 3.75. The third-order valence-electron chi connectivity index (χ3n) is 5.27. The first-order valence-corrected chi connectivity index (χ1v) is 9.75. The van der Waals surface area contributed by atoms with Crippen molar-refractivity contribution in [2.75, 3.05) is 19.6 Å². The molecule has 2 atom stereocenters. The third-order valence-corrected chi connectivity index (χ3v) is 5.27. The zero-order valence-corrected chi connectivity index (χ0v) is 16.6. The molecule has 1 aromatic heterocycles. The highest BCUT2D eigenvalue weighted by Crippen LogP contribution is 2.36. The monoisotopic (exact) mass is 471 g/mol. The van der Waals surface area contributed by atoms with Crippen LogP contribution in [0.1, 0.15) is 42.0 Å². The number of alkyl halides is 7. The van der Waals surface area contributed by atoms with Crippen molar-refractivity contribution in [1.82, 2.24) is 19.8 Å². The summed E-state index contributed by atoms with van der Waals surface area (Å²) in [6.45, 7) is -0.987. The number of fused-ring (bicyclic) bond motifs is 1. The molecule has 1 saturated heterocycles. The van der Waals surface area contributed by atoms with E-state index in [1.807, 2.05) is 0 Å². The second kappa shape index (κ2) is 8.79. The molecule has 2 amide bonds. The zero-order valence-electron chi connectivity index (χ0n) is 16.6. The van der Waals surface area contributed by atoms with Crippen LogP contribution in [0.15, 0.2) is 0 Å². The van der Waals surface area contributed by atoms with E-state index in [4.69, 9.17) is 5.73 Å². The van der Waals surface area contributed by atoms with Crippen molar-refractivity contribution in [3.8, 4) is 0 Å². The Balaban J connectivity index is 1.72. The maximum Gasteiger partial charge on any atom is 0.451 e. The average Bonchev–Trinajstić information content (AvgIpc) is 2.67. The van der Waals surface area contributed by atoms with Crippen LogP contribution in [0.25, 0.3) is 0 Å². The van der Waals surface area contributed by atoms with E-state index in [2.05, 4.69) is 9.97 Å². The molecule has 1 aromatic rings. The van der Waals surface area contributed by atoms with Crippen LogP contribution in [0, 0.1) is 0 Å². The van der Waals surface area contributed by atoms with Gasteiger partial charge in [-0.15, -0.1) is 0 Å². The minimum absolute atomic E-state index is 0.0214. The van der Waals surface area contributed by atoms with Gasteiger partial charge in [0.1, 0.15) is 6.17 Å². The van der Waals surface area contributed by atoms with Gasteiger partial charge in [-0.25, -0.2) is 14.4 Å². The van der Waals surface area contributed by atoms with E-state index in [1.165, 1.54) is 4.90 Å². The van der Waals surface area contributed by atoms with Crippen molar-refractivity contribution in [1.29, 1.82) is 0 Å². The third kappa shape index (κ3) is 5.45. The Kier molecular flexibility index (Phi) is 6.63. The molecule has 14 heteroatoms. The van der Waals surface area contributed by atoms with E-state index >= 15 is 0 Å². The number of carbonyl (C=O) groups is 2. The number of likely N-dealkylation sites (tertiary alicyclic amines) is 1. The summed E-state index contributed by atoms with van der Waals surface area (Å²) in [6.07, 6.45) is -12.1. The minimum atomic E-state index is -5.20. The van der Waals surface area contributed by atoms with Crippen molar-refractivity contribution >= 4 is 11.8 Å². The number of nitrogens with zero attached hydrogens (tertiary/aromatic N) is 4. The van der Waals surface area contributed by atoms with Crippen molar-refractivity contribution in [2.45, 2.75) is 56.8 Å². The summed E-state index contributed by atoms with van der Waals surface area (Å²) in [5.41, 5.74) is 3.22. The molecule has 1 fully saturated rings. The Morgan fingerprint density at radius 1 is 1.12 bits per heavy atom. The van der Waals surface area contributed by atoms with Gasteiger partial charge in [0.15, 0.2) is 5.69 Å². The fourth-order valence-electron chi connectivity index (χ4n) is 3.75. The molecule has 0 spiro atoms. The summed E-state index contributed by atoms with van der Waals surface area (Å²) < 4.78 is 92.2. The van der Waals surface area contributed by atoms with Crippen molar-refractivity contribution < 1.29 is 40.3 Å². The topological polar surface area (TPSA) is 92.4 Å². The molecule has 0 bridgehead atoms. The van der Waals surface area contributed by atoms with Gasteiger partial charge in [0, 0.05) is 37.5 Å². The maximum absolute atomic E-state index is 13.5. The predicted octanol–water partition coefficient (Wildman–Crippen LogP) is 2.08. The van der Waals surface area contributed by atoms with Gasteiger partial charge in [0.05, 0.1) is 18.8 Å². The van der Waals surface area contributed by atoms with E-state index in [0.717, 1.165) is 4.90 Å². The van der Waals surface area contributed by atoms with Crippen LogP contribution in [0.5, 0.6) is 0 Å². The summed E-state index contributed by atoms with van der Waals surface area (Å²) in [6, 6.07) is -0.875. The number of halogens is 7. The smallest absolute Gasteiger partial charge is 0.338 e. The van der Waals surface area contributed by atoms with Crippen LogP contribution in [0.4, 0.5) is 30.7 Å². The standard InChI is InChI=1S/C18H20F7N5O2/c19-9-1-2-13(31)30(6-9)7-10(26)5-14(32)29-4-3-11-12(8-29)27-16(18(23,24)25)28-15(11)17(20,21)22/h9-10H,1-8,26H2/t9-,10?/m0/s1. The van der Waals surface area contributed by atoms with Gasteiger partial charge < -0.3 is 15.5 Å². The molecule has 1 unspecified atom stereocenters. The van der Waals surface area contributed by atoms with Gasteiger partial charge in [-0.2, -0.15) is 26.3 Å². The van der Waals surface area contributed by atoms with Crippen LogP contribution in [0.2, 0.25) is 0 Å². The van der Waals surface area contributed by atoms with Crippen molar-refractivity contribution in [3.63, 3.8) is 0 Å². The largest absolute Gasteiger partial charge is 0.451 e. The fraction of sp³-hybridized carbons (Fsp3) is 0.667. The second-order valence-corrected chi connectivity index (χ2v) is 7.78. The SMILES string of the molecule is NC(CC(=O)N1CCc2c(nc(C(F)(F)F)nc2C(F)(F)F)C1)CN1C[C@@H](F)CCC1=O. The number of carbonyl (C=O) groups excluding carboxylic acids is 2. The second-order valence-electron chi connectivity index (χ2n) is 7.78. The number of nitrogens with two attached hydrogens (primary N) is 1. The van der Waals surface area contributed by atoms with Crippen molar-refractivity contribution in [2.24, 2.45) is 5.73 Å². The summed E-state index contributed by atoms with van der Waals surface area (Å²) in [4.78, 5) is 32.6. The first kappa shape index (κ1) is 24.1. The van der Waals surface area contributed by atoms with Crippen LogP contribution < -0.4 is 5.73 Å². The van der Waals surface area contributed by atoms with Crippen LogP contribution >= 0.6 is 0 Å². The molecule has 2 aliphatic heterocycles. The molecule has 2 aliphatic rings. The zero-order chi connectivity index (χ0) is 23.8. The summed E-state index contributed by atoms with van der Waals surface area (Å²) in [5, 5.41) is 0. The highest BCUT2D eigenvalue weighted by atomic mass is 19.4. The quantitative estimate of drug-likeness (QED) is 0.679.